The van der Waals surface area contributed by atoms with Gasteiger partial charge in [-0.1, -0.05) is 6.07 Å². The van der Waals surface area contributed by atoms with Crippen molar-refractivity contribution in [3.63, 3.8) is 0 Å². The Hall–Kier alpha value is -1.08. The van der Waals surface area contributed by atoms with Crippen molar-refractivity contribution < 1.29 is 9.21 Å². The number of nitrogens with one attached hydrogen (secondary N) is 1. The van der Waals surface area contributed by atoms with Gasteiger partial charge in [-0.05, 0) is 31.3 Å². The summed E-state index contributed by atoms with van der Waals surface area (Å²) in [4.78, 5) is 19.7. The van der Waals surface area contributed by atoms with E-state index in [1.54, 1.807) is 11.3 Å². The number of carbonyl (C=O) groups excluding carboxylic acids is 1. The summed E-state index contributed by atoms with van der Waals surface area (Å²) in [5.41, 5.74) is 0.737. The molecule has 0 aliphatic carbocycles. The molecule has 1 fully saturated rings. The van der Waals surface area contributed by atoms with E-state index >= 15 is 0 Å². The van der Waals surface area contributed by atoms with E-state index in [4.69, 9.17) is 4.42 Å². The molecule has 0 spiro atoms. The van der Waals surface area contributed by atoms with Crippen molar-refractivity contribution in [3.05, 3.63) is 29.0 Å². The Labute approximate surface area is 152 Å². The molecule has 5 nitrogen and oxygen atoms in total. The lowest BCUT2D eigenvalue weighted by atomic mass is 10.2. The number of rotatable bonds is 4. The maximum absolute atomic E-state index is 12.4. The third kappa shape index (κ3) is 4.47. The zero-order chi connectivity index (χ0) is 14.8. The van der Waals surface area contributed by atoms with Crippen molar-refractivity contribution >= 4 is 42.1 Å². The van der Waals surface area contributed by atoms with Gasteiger partial charge in [-0.2, -0.15) is 0 Å². The molecule has 128 valence electrons. The zero-order valence-corrected chi connectivity index (χ0v) is 15.5. The van der Waals surface area contributed by atoms with E-state index in [9.17, 15) is 4.79 Å². The highest BCUT2D eigenvalue weighted by Gasteiger charge is 2.24. The van der Waals surface area contributed by atoms with Gasteiger partial charge in [-0.15, -0.1) is 36.2 Å². The highest BCUT2D eigenvalue weighted by Crippen LogP contribution is 2.26. The number of halogens is 2. The van der Waals surface area contributed by atoms with E-state index in [-0.39, 0.29) is 30.7 Å². The first-order chi connectivity index (χ1) is 10.1. The number of hydrogen-bond donors (Lipinski definition) is 1. The predicted octanol–water partition coefficient (Wildman–Crippen LogP) is 2.92. The molecular formula is C15H21Cl2N3O2S. The minimum Gasteiger partial charge on any atom is -0.440 e. The van der Waals surface area contributed by atoms with Gasteiger partial charge in [0.05, 0.1) is 17.0 Å². The van der Waals surface area contributed by atoms with Crippen molar-refractivity contribution in [2.75, 3.05) is 20.1 Å². The molecule has 0 saturated carbocycles. The zero-order valence-electron chi connectivity index (χ0n) is 13.1. The number of nitrogens with zero attached hydrogens (tertiary/aromatic N) is 2. The number of likely N-dealkylation sites (N-methyl/N-ethyl adjacent to an activating group) is 1. The second kappa shape index (κ2) is 8.68. The quantitative estimate of drug-likeness (QED) is 0.889. The van der Waals surface area contributed by atoms with Crippen molar-refractivity contribution in [1.29, 1.82) is 0 Å². The lowest BCUT2D eigenvalue weighted by molar-refractivity contribution is -0.131. The van der Waals surface area contributed by atoms with Crippen LogP contribution >= 0.6 is 36.2 Å². The van der Waals surface area contributed by atoms with Gasteiger partial charge in [-0.3, -0.25) is 4.79 Å². The van der Waals surface area contributed by atoms with Crippen LogP contribution in [-0.4, -0.2) is 42.0 Å². The first-order valence-corrected chi connectivity index (χ1v) is 7.99. The molecule has 1 saturated heterocycles. The summed E-state index contributed by atoms with van der Waals surface area (Å²) < 4.78 is 5.68. The van der Waals surface area contributed by atoms with Gasteiger partial charge < -0.3 is 14.6 Å². The summed E-state index contributed by atoms with van der Waals surface area (Å²) in [6, 6.07) is 4.23. The van der Waals surface area contributed by atoms with Crippen molar-refractivity contribution in [2.24, 2.45) is 0 Å². The Morgan fingerprint density at radius 2 is 2.30 bits per heavy atom. The van der Waals surface area contributed by atoms with Gasteiger partial charge in [0.2, 0.25) is 11.8 Å². The summed E-state index contributed by atoms with van der Waals surface area (Å²) >= 11 is 1.58. The van der Waals surface area contributed by atoms with Crippen LogP contribution < -0.4 is 5.32 Å². The Balaban J connectivity index is 0.00000132. The molecule has 1 unspecified atom stereocenters. The number of thiophene rings is 1. The van der Waals surface area contributed by atoms with Crippen LogP contribution in [-0.2, 0) is 11.2 Å². The van der Waals surface area contributed by atoms with E-state index in [0.717, 1.165) is 35.8 Å². The van der Waals surface area contributed by atoms with Crippen LogP contribution in [0.25, 0.3) is 10.8 Å². The molecule has 1 N–H and O–H groups in total. The Kier molecular flexibility index (Phi) is 7.54. The monoisotopic (exact) mass is 377 g/mol. The summed E-state index contributed by atoms with van der Waals surface area (Å²) in [5, 5.41) is 5.27. The molecule has 0 aromatic carbocycles. The van der Waals surface area contributed by atoms with E-state index in [0.29, 0.717) is 18.4 Å². The van der Waals surface area contributed by atoms with Crippen molar-refractivity contribution in [3.8, 4) is 10.8 Å². The predicted molar refractivity (Wildman–Crippen MR) is 96.8 cm³/mol. The number of aromatic nitrogens is 1. The summed E-state index contributed by atoms with van der Waals surface area (Å²) in [6.45, 7) is 3.72. The van der Waals surface area contributed by atoms with Gasteiger partial charge in [0.1, 0.15) is 5.76 Å². The number of amides is 1. The van der Waals surface area contributed by atoms with Gasteiger partial charge in [0, 0.05) is 19.6 Å². The van der Waals surface area contributed by atoms with Gasteiger partial charge in [-0.25, -0.2) is 4.98 Å². The summed E-state index contributed by atoms with van der Waals surface area (Å²) in [6.07, 6.45) is 1.31. The molecule has 2 aromatic rings. The topological polar surface area (TPSA) is 58.4 Å². The minimum absolute atomic E-state index is 0. The van der Waals surface area contributed by atoms with E-state index < -0.39 is 0 Å². The van der Waals surface area contributed by atoms with Gasteiger partial charge in [0.25, 0.3) is 0 Å². The normalized spacial score (nSPS) is 16.5. The van der Waals surface area contributed by atoms with Crippen LogP contribution in [0, 0.1) is 6.92 Å². The van der Waals surface area contributed by atoms with Gasteiger partial charge >= 0.3 is 0 Å². The van der Waals surface area contributed by atoms with E-state index in [1.165, 1.54) is 0 Å². The van der Waals surface area contributed by atoms with E-state index in [1.807, 2.05) is 36.4 Å². The standard InChI is InChI=1S/C15H19N3O2S.2ClH/c1-10-12(17-15(20-10)13-4-3-7-21-13)8-14(19)18(2)11-5-6-16-9-11;;/h3-4,7,11,16H,5-6,8-9H2,1-2H3;2*1H. The second-order valence-electron chi connectivity index (χ2n) is 5.33. The molecule has 1 atom stereocenters. The molecule has 1 aliphatic rings. The molecule has 0 radical (unpaired) electrons. The maximum Gasteiger partial charge on any atom is 0.236 e. The number of carbonyl (C=O) groups is 1. The Morgan fingerprint density at radius 1 is 1.52 bits per heavy atom. The summed E-state index contributed by atoms with van der Waals surface area (Å²) in [5.74, 6) is 1.43. The SMILES string of the molecule is Cc1oc(-c2cccs2)nc1CC(=O)N(C)C1CCNC1.Cl.Cl. The Bertz CT molecular complexity index is 625. The first-order valence-electron chi connectivity index (χ1n) is 7.11. The number of hydrogen-bond acceptors (Lipinski definition) is 5. The fourth-order valence-electron chi connectivity index (χ4n) is 2.54. The lowest BCUT2D eigenvalue weighted by Crippen LogP contribution is -2.39. The van der Waals surface area contributed by atoms with Crippen LogP contribution in [0.15, 0.2) is 21.9 Å². The molecule has 3 heterocycles. The molecule has 2 aromatic heterocycles. The lowest BCUT2D eigenvalue weighted by Gasteiger charge is -2.23. The average Bonchev–Trinajstić information content (AvgIpc) is 3.20. The maximum atomic E-state index is 12.4. The third-order valence-electron chi connectivity index (χ3n) is 3.92. The second-order valence-corrected chi connectivity index (χ2v) is 6.27. The van der Waals surface area contributed by atoms with Gasteiger partial charge in [0.15, 0.2) is 0 Å². The molecule has 1 aliphatic heterocycles. The smallest absolute Gasteiger partial charge is 0.236 e. The Morgan fingerprint density at radius 3 is 2.91 bits per heavy atom. The van der Waals surface area contributed by atoms with Crippen LogP contribution in [0.4, 0.5) is 0 Å². The average molecular weight is 378 g/mol. The highest BCUT2D eigenvalue weighted by molar-refractivity contribution is 7.13. The minimum atomic E-state index is 0. The molecule has 1 amide bonds. The largest absolute Gasteiger partial charge is 0.440 e. The van der Waals surface area contributed by atoms with Crippen LogP contribution in [0.5, 0.6) is 0 Å². The van der Waals surface area contributed by atoms with Crippen molar-refractivity contribution in [1.82, 2.24) is 15.2 Å². The number of aryl methyl sites for hydroxylation is 1. The molecule has 8 heteroatoms. The summed E-state index contributed by atoms with van der Waals surface area (Å²) in [7, 11) is 1.87. The van der Waals surface area contributed by atoms with E-state index in [2.05, 4.69) is 10.3 Å². The third-order valence-corrected chi connectivity index (χ3v) is 4.78. The first kappa shape index (κ1) is 20.0. The highest BCUT2D eigenvalue weighted by atomic mass is 35.5. The van der Waals surface area contributed by atoms with Crippen LogP contribution in [0.2, 0.25) is 0 Å². The molecule has 3 rings (SSSR count). The fourth-order valence-corrected chi connectivity index (χ4v) is 3.19. The molecule has 23 heavy (non-hydrogen) atoms. The van der Waals surface area contributed by atoms with Crippen LogP contribution in [0.1, 0.15) is 17.9 Å². The molecular weight excluding hydrogens is 357 g/mol. The number of oxazole rings is 1. The van der Waals surface area contributed by atoms with Crippen LogP contribution in [0.3, 0.4) is 0 Å². The fraction of sp³-hybridized carbons (Fsp3) is 0.467. The van der Waals surface area contributed by atoms with Crippen molar-refractivity contribution in [2.45, 2.75) is 25.8 Å². The molecule has 0 bridgehead atoms.